The average Bonchev–Trinajstić information content (AvgIpc) is 3.34. The molecule has 16 heteroatoms. The zero-order valence-electron chi connectivity index (χ0n) is 25.1. The molecule has 46 heavy (non-hydrogen) atoms. The van der Waals surface area contributed by atoms with Crippen LogP contribution in [-0.2, 0) is 22.6 Å². The van der Waals surface area contributed by atoms with Crippen LogP contribution >= 0.6 is 0 Å². The van der Waals surface area contributed by atoms with E-state index in [-0.39, 0.29) is 29.5 Å². The molecule has 3 N–H and O–H groups in total. The van der Waals surface area contributed by atoms with Gasteiger partial charge < -0.3 is 25.2 Å². The van der Waals surface area contributed by atoms with E-state index in [0.717, 1.165) is 22.7 Å². The number of hydrogen-bond acceptors (Lipinski definition) is 9. The normalized spacial score (nSPS) is 21.5. The first-order valence-corrected chi connectivity index (χ1v) is 16.3. The molecule has 0 aliphatic heterocycles. The first-order chi connectivity index (χ1) is 21.7. The third-order valence-corrected chi connectivity index (χ3v) is 9.47. The van der Waals surface area contributed by atoms with Crippen molar-refractivity contribution in [1.29, 1.82) is 0 Å². The van der Waals surface area contributed by atoms with Crippen LogP contribution in [0.4, 0.5) is 29.2 Å². The Morgan fingerprint density at radius 3 is 2.48 bits per heavy atom. The van der Waals surface area contributed by atoms with Crippen LogP contribution < -0.4 is 20.1 Å². The fourth-order valence-corrected chi connectivity index (χ4v) is 6.39. The van der Waals surface area contributed by atoms with E-state index in [4.69, 9.17) is 9.47 Å². The minimum absolute atomic E-state index is 0.0160. The zero-order chi connectivity index (χ0) is 33.4. The predicted octanol–water partition coefficient (Wildman–Crippen LogP) is 4.36. The number of benzene rings is 2. The Balaban J connectivity index is 1.43. The second kappa shape index (κ2) is 13.0. The topological polar surface area (TPSA) is 143 Å². The number of carbonyl (C=O) groups excluding carboxylic acids is 1. The van der Waals surface area contributed by atoms with Gasteiger partial charge in [-0.3, -0.25) is 4.79 Å². The summed E-state index contributed by atoms with van der Waals surface area (Å²) in [6.45, 7) is 0. The lowest BCUT2D eigenvalue weighted by molar-refractivity contribution is -0.140. The van der Waals surface area contributed by atoms with Crippen LogP contribution in [0.25, 0.3) is 0 Å². The Labute approximate surface area is 263 Å². The zero-order valence-corrected chi connectivity index (χ0v) is 26.0. The van der Waals surface area contributed by atoms with Gasteiger partial charge in [0.1, 0.15) is 23.2 Å². The lowest BCUT2D eigenvalue weighted by Crippen LogP contribution is -2.38. The quantitative estimate of drug-likeness (QED) is 0.284. The molecule has 0 saturated heterocycles. The van der Waals surface area contributed by atoms with Crippen molar-refractivity contribution in [2.75, 3.05) is 25.7 Å². The third-order valence-electron chi connectivity index (χ3n) is 8.20. The molecule has 0 spiro atoms. The first-order valence-electron chi connectivity index (χ1n) is 14.4. The summed E-state index contributed by atoms with van der Waals surface area (Å²) in [7, 11) is -1.19. The van der Waals surface area contributed by atoms with Crippen molar-refractivity contribution in [1.82, 2.24) is 19.6 Å². The molecule has 2 atom stereocenters. The second-order valence-corrected chi connectivity index (χ2v) is 13.4. The number of nitrogens with zero attached hydrogens (tertiary/aromatic N) is 3. The summed E-state index contributed by atoms with van der Waals surface area (Å²) in [5, 5.41) is 15.1. The predicted molar refractivity (Wildman–Crippen MR) is 159 cm³/mol. The Morgan fingerprint density at radius 1 is 1.13 bits per heavy atom. The lowest BCUT2D eigenvalue weighted by atomic mass is 9.93. The number of aliphatic hydroxyl groups excluding tert-OH is 1. The largest absolute Gasteiger partial charge is 0.495 e. The Kier molecular flexibility index (Phi) is 9.42. The van der Waals surface area contributed by atoms with Gasteiger partial charge in [0.15, 0.2) is 0 Å². The molecule has 3 aromatic rings. The molecule has 0 radical (unpaired) electrons. The van der Waals surface area contributed by atoms with Crippen LogP contribution in [0.3, 0.4) is 0 Å². The summed E-state index contributed by atoms with van der Waals surface area (Å²) < 4.78 is 94.5. The third kappa shape index (κ3) is 7.18. The van der Waals surface area contributed by atoms with E-state index in [1.807, 2.05) is 0 Å². The minimum Gasteiger partial charge on any atom is -0.495 e. The molecular formula is C30H33F4N5O6S. The molecule has 1 amide bonds. The van der Waals surface area contributed by atoms with Crippen molar-refractivity contribution in [3.05, 3.63) is 70.7 Å². The Hall–Kier alpha value is -4.02. The van der Waals surface area contributed by atoms with Gasteiger partial charge in [0.25, 0.3) is 5.91 Å². The van der Waals surface area contributed by atoms with Crippen LogP contribution in [0.5, 0.6) is 11.6 Å². The highest BCUT2D eigenvalue weighted by Crippen LogP contribution is 2.42. The molecule has 0 unspecified atom stereocenters. The van der Waals surface area contributed by atoms with E-state index in [9.17, 15) is 31.5 Å². The van der Waals surface area contributed by atoms with E-state index in [0.29, 0.717) is 43.0 Å². The van der Waals surface area contributed by atoms with E-state index < -0.39 is 63.6 Å². The number of aliphatic hydroxyl groups is 1. The van der Waals surface area contributed by atoms with Crippen molar-refractivity contribution in [3.63, 3.8) is 0 Å². The number of aromatic nitrogens is 2. The van der Waals surface area contributed by atoms with Crippen molar-refractivity contribution in [3.8, 4) is 11.6 Å². The highest BCUT2D eigenvalue weighted by molar-refractivity contribution is 7.88. The van der Waals surface area contributed by atoms with Crippen LogP contribution in [0.1, 0.15) is 58.8 Å². The summed E-state index contributed by atoms with van der Waals surface area (Å²) in [6.07, 6.45) is -2.71. The minimum atomic E-state index is -4.92. The molecule has 2 aliphatic carbocycles. The molecule has 2 aromatic carbocycles. The number of amides is 1. The van der Waals surface area contributed by atoms with Gasteiger partial charge in [-0.15, -0.1) is 0 Å². The number of methoxy groups -OCH3 is 1. The van der Waals surface area contributed by atoms with Gasteiger partial charge in [-0.05, 0) is 42.9 Å². The van der Waals surface area contributed by atoms with E-state index in [1.165, 1.54) is 14.2 Å². The van der Waals surface area contributed by atoms with Crippen molar-refractivity contribution in [2.45, 2.75) is 62.6 Å². The summed E-state index contributed by atoms with van der Waals surface area (Å²) >= 11 is 0. The second-order valence-electron chi connectivity index (χ2n) is 11.3. The van der Waals surface area contributed by atoms with Gasteiger partial charge in [0.2, 0.25) is 21.9 Å². The molecule has 1 aromatic heterocycles. The Bertz CT molecular complexity index is 1720. The van der Waals surface area contributed by atoms with Gasteiger partial charge in [0.05, 0.1) is 36.8 Å². The van der Waals surface area contributed by atoms with E-state index >= 15 is 4.39 Å². The van der Waals surface area contributed by atoms with Crippen LogP contribution in [0.2, 0.25) is 0 Å². The SMILES string of the molecule is COc1cc(C(=O)N[C@H]2CC[C@H](O)CC2)c(F)cc1Nc1ncc(C(F)(F)F)c(O[C@@H]2Cc3ccccc3[C@H]2N(C)S(C)(=O)=O)n1. The fourth-order valence-electron chi connectivity index (χ4n) is 5.73. The average molecular weight is 668 g/mol. The van der Waals surface area contributed by atoms with Gasteiger partial charge in [0, 0.05) is 31.8 Å². The number of alkyl halides is 3. The molecule has 1 heterocycles. The number of nitrogens with one attached hydrogen (secondary N) is 2. The fraction of sp³-hybridized carbons (Fsp3) is 0.433. The molecular weight excluding hydrogens is 634 g/mol. The van der Waals surface area contributed by atoms with Gasteiger partial charge in [-0.1, -0.05) is 24.3 Å². The number of anilines is 2. The van der Waals surface area contributed by atoms with Crippen LogP contribution in [-0.4, -0.2) is 72.4 Å². The number of carbonyl (C=O) groups is 1. The number of sulfonamides is 1. The van der Waals surface area contributed by atoms with E-state index in [1.54, 1.807) is 24.3 Å². The van der Waals surface area contributed by atoms with Crippen LogP contribution in [0.15, 0.2) is 42.6 Å². The van der Waals surface area contributed by atoms with Gasteiger partial charge in [-0.2, -0.15) is 22.5 Å². The lowest BCUT2D eigenvalue weighted by Gasteiger charge is -2.29. The number of ether oxygens (including phenoxy) is 2. The Morgan fingerprint density at radius 2 is 1.83 bits per heavy atom. The molecule has 5 rings (SSSR count). The number of halogens is 4. The summed E-state index contributed by atoms with van der Waals surface area (Å²) in [4.78, 5) is 20.5. The van der Waals surface area contributed by atoms with Crippen molar-refractivity contribution >= 4 is 27.6 Å². The number of rotatable bonds is 9. The highest BCUT2D eigenvalue weighted by atomic mass is 32.2. The molecule has 11 nitrogen and oxygen atoms in total. The van der Waals surface area contributed by atoms with Gasteiger partial charge >= 0.3 is 6.18 Å². The maximum absolute atomic E-state index is 15.2. The number of likely N-dealkylation sites (N-methyl/N-ethyl adjacent to an activating group) is 1. The number of fused-ring (bicyclic) bond motifs is 1. The van der Waals surface area contributed by atoms with Crippen molar-refractivity contribution in [2.24, 2.45) is 0 Å². The summed E-state index contributed by atoms with van der Waals surface area (Å²) in [5.41, 5.74) is -0.389. The maximum atomic E-state index is 15.2. The molecule has 0 bridgehead atoms. The number of hydrogen-bond donors (Lipinski definition) is 3. The van der Waals surface area contributed by atoms with Crippen molar-refractivity contribution < 1.29 is 45.4 Å². The standard InChI is InChI=1S/C30H33F4N5O6S/c1-39(46(3,42)43)26-19-7-5-4-6-16(19)12-25(26)45-28-21(30(32,33)34)15-35-29(38-28)37-23-14-22(31)20(13-24(23)44-2)27(41)36-17-8-10-18(40)11-9-17/h4-7,13-15,17-18,25-26,40H,8-12H2,1-3H3,(H,36,41)(H,35,37,38)/t17-,18-,25-,26-/m1/s1. The summed E-state index contributed by atoms with van der Waals surface area (Å²) in [5.74, 6) is -2.89. The molecule has 1 saturated carbocycles. The maximum Gasteiger partial charge on any atom is 0.423 e. The van der Waals surface area contributed by atoms with Gasteiger partial charge in [-0.25, -0.2) is 17.8 Å². The molecule has 248 valence electrons. The highest BCUT2D eigenvalue weighted by Gasteiger charge is 2.43. The van der Waals surface area contributed by atoms with E-state index in [2.05, 4.69) is 20.6 Å². The van der Waals surface area contributed by atoms with Crippen LogP contribution in [0, 0.1) is 5.82 Å². The molecule has 1 fully saturated rings. The molecule has 2 aliphatic rings. The summed E-state index contributed by atoms with van der Waals surface area (Å²) in [6, 6.07) is 7.76. The first kappa shape index (κ1) is 33.3. The smallest absolute Gasteiger partial charge is 0.423 e. The monoisotopic (exact) mass is 667 g/mol.